The highest BCUT2D eigenvalue weighted by Gasteiger charge is 2.37. The Labute approximate surface area is 154 Å². The summed E-state index contributed by atoms with van der Waals surface area (Å²) >= 11 is 0. The van der Waals surface area contributed by atoms with Crippen LogP contribution in [0.2, 0.25) is 0 Å². The molecule has 0 unspecified atom stereocenters. The van der Waals surface area contributed by atoms with Crippen LogP contribution in [-0.4, -0.2) is 55.5 Å². The van der Waals surface area contributed by atoms with Crippen LogP contribution in [0.3, 0.4) is 0 Å². The lowest BCUT2D eigenvalue weighted by molar-refractivity contribution is -0.150. The molecule has 3 saturated heterocycles. The number of nitrogens with two attached hydrogens (primary N) is 1. The van der Waals surface area contributed by atoms with Crippen LogP contribution < -0.4 is 5.73 Å². The van der Waals surface area contributed by atoms with E-state index >= 15 is 0 Å². The molecule has 1 aromatic carbocycles. The lowest BCUT2D eigenvalue weighted by Crippen LogP contribution is -2.52. The monoisotopic (exact) mass is 357 g/mol. The van der Waals surface area contributed by atoms with Crippen LogP contribution in [0.1, 0.15) is 31.8 Å². The molecule has 0 radical (unpaired) electrons. The number of rotatable bonds is 4. The first-order valence-electron chi connectivity index (χ1n) is 9.31. The number of carbonyl (C=O) groups excluding carboxylic acids is 1. The minimum absolute atomic E-state index is 0. The molecule has 0 spiro atoms. The lowest BCUT2D eigenvalue weighted by Gasteiger charge is -2.43. The van der Waals surface area contributed by atoms with Gasteiger partial charge in [0.1, 0.15) is 11.8 Å². The van der Waals surface area contributed by atoms with Crippen molar-refractivity contribution >= 4 is 22.9 Å². The molecule has 140 valence electrons. The summed E-state index contributed by atoms with van der Waals surface area (Å²) in [5.41, 5.74) is 9.07. The minimum atomic E-state index is -0.575. The molecule has 4 aliphatic heterocycles. The van der Waals surface area contributed by atoms with Crippen molar-refractivity contribution in [3.63, 3.8) is 0 Å². The number of fused-ring (bicyclic) bond motifs is 3. The molecule has 1 atom stereocenters. The van der Waals surface area contributed by atoms with Gasteiger partial charge in [0.15, 0.2) is 0 Å². The fourth-order valence-electron chi connectivity index (χ4n) is 4.13. The third kappa shape index (κ3) is 3.39. The molecule has 6 nitrogen and oxygen atoms in total. The summed E-state index contributed by atoms with van der Waals surface area (Å²) in [6.45, 7) is 4.28. The van der Waals surface area contributed by atoms with E-state index in [-0.39, 0.29) is 13.2 Å². The number of nitrogen functional groups attached to an aromatic ring is 1. The van der Waals surface area contributed by atoms with Crippen molar-refractivity contribution in [3.05, 3.63) is 35.4 Å². The van der Waals surface area contributed by atoms with Gasteiger partial charge in [-0.25, -0.2) is 4.79 Å². The number of hydrogen-bond donors (Lipinski definition) is 2. The largest absolute Gasteiger partial charge is 0.456 e. The van der Waals surface area contributed by atoms with Crippen molar-refractivity contribution in [2.24, 2.45) is 5.92 Å². The maximum atomic E-state index is 12.5. The van der Waals surface area contributed by atoms with Gasteiger partial charge >= 0.3 is 5.97 Å². The average molecular weight is 357 g/mol. The van der Waals surface area contributed by atoms with E-state index in [1.807, 2.05) is 18.2 Å². The predicted octanol–water partition coefficient (Wildman–Crippen LogP) is 2.32. The molecule has 0 aliphatic carbocycles. The van der Waals surface area contributed by atoms with Crippen molar-refractivity contribution in [3.8, 4) is 0 Å². The van der Waals surface area contributed by atoms with Crippen LogP contribution in [0.15, 0.2) is 24.3 Å². The van der Waals surface area contributed by atoms with Crippen molar-refractivity contribution in [1.29, 1.82) is 5.41 Å². The van der Waals surface area contributed by atoms with Gasteiger partial charge in [-0.05, 0) is 61.5 Å². The van der Waals surface area contributed by atoms with Gasteiger partial charge in [-0.15, -0.1) is 0 Å². The van der Waals surface area contributed by atoms with Gasteiger partial charge in [0.2, 0.25) is 0 Å². The highest BCUT2D eigenvalue weighted by Crippen LogP contribution is 2.30. The molecule has 5 rings (SSSR count). The zero-order chi connectivity index (χ0) is 18.1. The van der Waals surface area contributed by atoms with E-state index < -0.39 is 5.97 Å². The van der Waals surface area contributed by atoms with Crippen LogP contribution >= 0.6 is 0 Å². The average Bonchev–Trinajstić information content (AvgIpc) is 2.69. The molecule has 26 heavy (non-hydrogen) atoms. The summed E-state index contributed by atoms with van der Waals surface area (Å²) in [7, 11) is 0. The molecular weight excluding hydrogens is 330 g/mol. The van der Waals surface area contributed by atoms with Gasteiger partial charge < -0.3 is 15.2 Å². The number of benzene rings is 1. The highest BCUT2D eigenvalue weighted by molar-refractivity contribution is 6.43. The number of ether oxygens (including phenoxy) is 2. The van der Waals surface area contributed by atoms with Gasteiger partial charge in [0.05, 0.1) is 13.2 Å². The smallest absolute Gasteiger partial charge is 0.357 e. The summed E-state index contributed by atoms with van der Waals surface area (Å²) in [5.74, 6) is -0.148. The molecule has 1 aromatic rings. The minimum Gasteiger partial charge on any atom is -0.456 e. The van der Waals surface area contributed by atoms with Crippen LogP contribution in [0.25, 0.3) is 5.57 Å². The third-order valence-corrected chi connectivity index (χ3v) is 5.71. The second kappa shape index (κ2) is 7.21. The molecule has 0 aromatic heterocycles. The van der Waals surface area contributed by atoms with Gasteiger partial charge in [0.25, 0.3) is 0 Å². The molecular formula is C20H27N3O3. The number of nitrogens with zero attached hydrogens (tertiary/aromatic N) is 1. The maximum Gasteiger partial charge on any atom is 0.357 e. The van der Waals surface area contributed by atoms with Crippen LogP contribution in [0.5, 0.6) is 0 Å². The predicted molar refractivity (Wildman–Crippen MR) is 102 cm³/mol. The molecule has 0 saturated carbocycles. The standard InChI is InChI=1S/C20H25N3O3.H2/c21-17-11-15(13-5-9-25-10-6-13)1-2-16(17)19(22)20(24)26-18-12-23-7-3-14(18)4-8-23;/h1-2,5,11,14,18,22H,3-4,6-10,12,21H2;1H/t18-;/m1./s1. The number of esters is 1. The first-order chi connectivity index (χ1) is 12.6. The van der Waals surface area contributed by atoms with Crippen LogP contribution in [-0.2, 0) is 14.3 Å². The number of hydrogen-bond acceptors (Lipinski definition) is 6. The normalized spacial score (nSPS) is 27.7. The summed E-state index contributed by atoms with van der Waals surface area (Å²) in [5, 5.41) is 8.24. The van der Waals surface area contributed by atoms with E-state index in [0.29, 0.717) is 30.4 Å². The van der Waals surface area contributed by atoms with Crippen molar-refractivity contribution < 1.29 is 15.7 Å². The SMILES string of the molecule is N=C(C(=O)O[C@@H]1CN2CCC1CC2)c1ccc(C2=CCOCC2)cc1N.[HH]. The molecule has 4 heterocycles. The van der Waals surface area contributed by atoms with Crippen molar-refractivity contribution in [2.45, 2.75) is 25.4 Å². The van der Waals surface area contributed by atoms with Gasteiger partial charge in [0, 0.05) is 19.2 Å². The Bertz CT molecular complexity index is 757. The molecule has 4 aliphatic rings. The van der Waals surface area contributed by atoms with E-state index in [9.17, 15) is 4.79 Å². The Morgan fingerprint density at radius 3 is 2.77 bits per heavy atom. The Hall–Kier alpha value is -2.18. The second-order valence-corrected chi connectivity index (χ2v) is 7.31. The highest BCUT2D eigenvalue weighted by atomic mass is 16.5. The van der Waals surface area contributed by atoms with E-state index in [4.69, 9.17) is 20.6 Å². The maximum absolute atomic E-state index is 12.5. The van der Waals surface area contributed by atoms with E-state index in [1.54, 1.807) is 6.07 Å². The summed E-state index contributed by atoms with van der Waals surface area (Å²) in [6.07, 6.45) is 4.93. The number of anilines is 1. The molecule has 2 bridgehead atoms. The van der Waals surface area contributed by atoms with Crippen molar-refractivity contribution in [1.82, 2.24) is 4.90 Å². The quantitative estimate of drug-likeness (QED) is 0.490. The van der Waals surface area contributed by atoms with E-state index in [0.717, 1.165) is 44.5 Å². The van der Waals surface area contributed by atoms with E-state index in [1.165, 1.54) is 5.57 Å². The van der Waals surface area contributed by atoms with E-state index in [2.05, 4.69) is 4.90 Å². The third-order valence-electron chi connectivity index (χ3n) is 5.71. The van der Waals surface area contributed by atoms with Gasteiger partial charge in [-0.2, -0.15) is 0 Å². The zero-order valence-corrected chi connectivity index (χ0v) is 14.9. The zero-order valence-electron chi connectivity index (χ0n) is 14.9. The summed E-state index contributed by atoms with van der Waals surface area (Å²) in [6, 6.07) is 5.50. The number of carbonyl (C=O) groups is 1. The fraction of sp³-hybridized carbons (Fsp3) is 0.500. The topological polar surface area (TPSA) is 88.6 Å². The Kier molecular flexibility index (Phi) is 4.78. The first kappa shape index (κ1) is 17.2. The number of nitrogens with one attached hydrogen (secondary N) is 1. The van der Waals surface area contributed by atoms with Crippen LogP contribution in [0.4, 0.5) is 5.69 Å². The Morgan fingerprint density at radius 2 is 2.15 bits per heavy atom. The van der Waals surface area contributed by atoms with Crippen LogP contribution in [0, 0.1) is 11.3 Å². The Morgan fingerprint density at radius 1 is 1.35 bits per heavy atom. The Balaban J connectivity index is 0.00000210. The van der Waals surface area contributed by atoms with Gasteiger partial charge in [-0.1, -0.05) is 12.1 Å². The summed E-state index contributed by atoms with van der Waals surface area (Å²) < 4.78 is 11.0. The molecule has 3 fully saturated rings. The first-order valence-corrected chi connectivity index (χ1v) is 9.31. The fourth-order valence-corrected chi connectivity index (χ4v) is 4.13. The second-order valence-electron chi connectivity index (χ2n) is 7.31. The molecule has 6 heteroatoms. The van der Waals surface area contributed by atoms with Gasteiger partial charge in [-0.3, -0.25) is 10.3 Å². The molecule has 0 amide bonds. The van der Waals surface area contributed by atoms with Crippen molar-refractivity contribution in [2.75, 3.05) is 38.6 Å². The summed E-state index contributed by atoms with van der Waals surface area (Å²) in [4.78, 5) is 14.8. The lowest BCUT2D eigenvalue weighted by atomic mass is 9.86. The molecule has 3 N–H and O–H groups in total. The number of piperidine rings is 3.